The highest BCUT2D eigenvalue weighted by atomic mass is 35.5. The van der Waals surface area contributed by atoms with Gasteiger partial charge in [-0.1, -0.05) is 23.2 Å². The van der Waals surface area contributed by atoms with Crippen LogP contribution < -0.4 is 10.1 Å². The lowest BCUT2D eigenvalue weighted by Crippen LogP contribution is -2.02. The molecule has 3 nitrogen and oxygen atoms in total. The normalized spacial score (nSPS) is 10.2. The predicted octanol–water partition coefficient (Wildman–Crippen LogP) is 4.01. The number of ether oxygens (including phenoxy) is 1. The van der Waals surface area contributed by atoms with E-state index in [0.29, 0.717) is 22.3 Å². The highest BCUT2D eigenvalue weighted by Crippen LogP contribution is 2.20. The molecule has 1 heterocycles. The fraction of sp³-hybridized carbons (Fsp3) is 0.154. The van der Waals surface area contributed by atoms with Crippen molar-refractivity contribution in [3.8, 4) is 5.75 Å². The lowest BCUT2D eigenvalue weighted by Gasteiger charge is -2.08. The van der Waals surface area contributed by atoms with Crippen LogP contribution in [0.5, 0.6) is 5.75 Å². The van der Waals surface area contributed by atoms with Crippen molar-refractivity contribution in [1.82, 2.24) is 4.98 Å². The lowest BCUT2D eigenvalue weighted by molar-refractivity contribution is 0.301. The van der Waals surface area contributed by atoms with Gasteiger partial charge in [-0.15, -0.1) is 0 Å². The first-order valence-electron chi connectivity index (χ1n) is 5.40. The number of aromatic nitrogens is 1. The highest BCUT2D eigenvalue weighted by molar-refractivity contribution is 6.31. The zero-order chi connectivity index (χ0) is 13.0. The summed E-state index contributed by atoms with van der Waals surface area (Å²) in [6.45, 7) is 0.315. The SMILES string of the molecule is CNc1ccc(Cl)c(COc2ccc(Cl)cc2)n1. The van der Waals surface area contributed by atoms with Crippen LogP contribution in [-0.4, -0.2) is 12.0 Å². The monoisotopic (exact) mass is 282 g/mol. The van der Waals surface area contributed by atoms with Crippen molar-refractivity contribution in [1.29, 1.82) is 0 Å². The lowest BCUT2D eigenvalue weighted by atomic mass is 10.3. The van der Waals surface area contributed by atoms with Crippen LogP contribution in [-0.2, 0) is 6.61 Å². The topological polar surface area (TPSA) is 34.1 Å². The molecule has 18 heavy (non-hydrogen) atoms. The third kappa shape index (κ3) is 3.28. The summed E-state index contributed by atoms with van der Waals surface area (Å²) >= 11 is 11.8. The number of rotatable bonds is 4. The number of nitrogens with one attached hydrogen (secondary N) is 1. The van der Waals surface area contributed by atoms with Crippen molar-refractivity contribution in [2.45, 2.75) is 6.61 Å². The van der Waals surface area contributed by atoms with E-state index in [2.05, 4.69) is 10.3 Å². The number of pyridine rings is 1. The molecule has 94 valence electrons. The van der Waals surface area contributed by atoms with Crippen LogP contribution in [0.2, 0.25) is 10.0 Å². The summed E-state index contributed by atoms with van der Waals surface area (Å²) in [5.41, 5.74) is 0.693. The summed E-state index contributed by atoms with van der Waals surface area (Å²) in [5.74, 6) is 1.49. The molecule has 0 saturated carbocycles. The summed E-state index contributed by atoms with van der Waals surface area (Å²) in [4.78, 5) is 4.33. The Kier molecular flexibility index (Phi) is 4.28. The van der Waals surface area contributed by atoms with Gasteiger partial charge in [0.2, 0.25) is 0 Å². The van der Waals surface area contributed by atoms with E-state index >= 15 is 0 Å². The first-order valence-corrected chi connectivity index (χ1v) is 6.16. The summed E-state index contributed by atoms with van der Waals surface area (Å²) in [6, 6.07) is 10.8. The van der Waals surface area contributed by atoms with Crippen molar-refractivity contribution in [3.05, 3.63) is 52.1 Å². The van der Waals surface area contributed by atoms with E-state index in [0.717, 1.165) is 11.6 Å². The van der Waals surface area contributed by atoms with Crippen LogP contribution in [0.25, 0.3) is 0 Å². The predicted molar refractivity (Wildman–Crippen MR) is 74.6 cm³/mol. The largest absolute Gasteiger partial charge is 0.487 e. The third-order valence-corrected chi connectivity index (χ3v) is 2.96. The molecule has 0 bridgehead atoms. The molecule has 1 aromatic carbocycles. The summed E-state index contributed by atoms with van der Waals surface area (Å²) < 4.78 is 5.59. The van der Waals surface area contributed by atoms with E-state index < -0.39 is 0 Å². The van der Waals surface area contributed by atoms with E-state index in [1.54, 1.807) is 37.4 Å². The number of halogens is 2. The van der Waals surface area contributed by atoms with Gasteiger partial charge in [-0.3, -0.25) is 0 Å². The molecule has 0 amide bonds. The van der Waals surface area contributed by atoms with Gasteiger partial charge in [0.25, 0.3) is 0 Å². The second kappa shape index (κ2) is 5.94. The molecule has 0 saturated heterocycles. The maximum Gasteiger partial charge on any atom is 0.132 e. The first-order chi connectivity index (χ1) is 8.69. The quantitative estimate of drug-likeness (QED) is 0.920. The molecule has 0 aliphatic carbocycles. The Bertz CT molecular complexity index is 529. The molecule has 0 unspecified atom stereocenters. The summed E-state index contributed by atoms with van der Waals surface area (Å²) in [6.07, 6.45) is 0. The van der Waals surface area contributed by atoms with Gasteiger partial charge >= 0.3 is 0 Å². The molecule has 0 spiro atoms. The van der Waals surface area contributed by atoms with Crippen LogP contribution in [0.1, 0.15) is 5.69 Å². The molecule has 0 aliphatic rings. The molecule has 0 radical (unpaired) electrons. The smallest absolute Gasteiger partial charge is 0.132 e. The Balaban J connectivity index is 2.07. The molecule has 0 fully saturated rings. The maximum absolute atomic E-state index is 6.05. The van der Waals surface area contributed by atoms with Crippen LogP contribution in [0, 0.1) is 0 Å². The Labute approximate surface area is 116 Å². The van der Waals surface area contributed by atoms with Crippen LogP contribution in [0.15, 0.2) is 36.4 Å². The first kappa shape index (κ1) is 13.0. The van der Waals surface area contributed by atoms with Gasteiger partial charge < -0.3 is 10.1 Å². The second-order valence-electron chi connectivity index (χ2n) is 3.62. The standard InChI is InChI=1S/C13H12Cl2N2O/c1-16-13-7-6-11(15)12(17-13)8-18-10-4-2-9(14)3-5-10/h2-7H,8H2,1H3,(H,16,17). The Morgan fingerprint density at radius 1 is 1.11 bits per heavy atom. The Morgan fingerprint density at radius 2 is 1.83 bits per heavy atom. The van der Waals surface area contributed by atoms with E-state index in [4.69, 9.17) is 27.9 Å². The molecular formula is C13H12Cl2N2O. The second-order valence-corrected chi connectivity index (χ2v) is 4.46. The Morgan fingerprint density at radius 3 is 2.50 bits per heavy atom. The van der Waals surface area contributed by atoms with Crippen molar-refractivity contribution < 1.29 is 4.74 Å². The number of hydrogen-bond donors (Lipinski definition) is 1. The Hall–Kier alpha value is -1.45. The minimum Gasteiger partial charge on any atom is -0.487 e. The van der Waals surface area contributed by atoms with E-state index in [9.17, 15) is 0 Å². The van der Waals surface area contributed by atoms with Gasteiger partial charge in [0.15, 0.2) is 0 Å². The average Bonchev–Trinajstić information content (AvgIpc) is 2.40. The van der Waals surface area contributed by atoms with Gasteiger partial charge in [-0.05, 0) is 36.4 Å². The minimum absolute atomic E-state index is 0.315. The number of hydrogen-bond acceptors (Lipinski definition) is 3. The van der Waals surface area contributed by atoms with Gasteiger partial charge in [0, 0.05) is 12.1 Å². The number of nitrogens with zero attached hydrogens (tertiary/aromatic N) is 1. The molecule has 0 aliphatic heterocycles. The maximum atomic E-state index is 6.05. The van der Waals surface area contributed by atoms with E-state index in [-0.39, 0.29) is 0 Å². The molecular weight excluding hydrogens is 271 g/mol. The van der Waals surface area contributed by atoms with Crippen LogP contribution in [0.3, 0.4) is 0 Å². The molecule has 5 heteroatoms. The molecule has 2 aromatic rings. The van der Waals surface area contributed by atoms with Crippen molar-refractivity contribution in [3.63, 3.8) is 0 Å². The summed E-state index contributed by atoms with van der Waals surface area (Å²) in [7, 11) is 1.81. The highest BCUT2D eigenvalue weighted by Gasteiger charge is 2.04. The van der Waals surface area contributed by atoms with Gasteiger partial charge in [0.05, 0.1) is 10.7 Å². The average molecular weight is 283 g/mol. The zero-order valence-electron chi connectivity index (χ0n) is 9.78. The van der Waals surface area contributed by atoms with E-state index in [1.807, 2.05) is 6.07 Å². The van der Waals surface area contributed by atoms with Crippen molar-refractivity contribution in [2.75, 3.05) is 12.4 Å². The van der Waals surface area contributed by atoms with Crippen molar-refractivity contribution in [2.24, 2.45) is 0 Å². The third-order valence-electron chi connectivity index (χ3n) is 2.36. The van der Waals surface area contributed by atoms with Gasteiger partial charge in [-0.2, -0.15) is 0 Å². The molecule has 0 atom stereocenters. The minimum atomic E-state index is 0.315. The van der Waals surface area contributed by atoms with Gasteiger partial charge in [0.1, 0.15) is 18.2 Å². The van der Waals surface area contributed by atoms with Gasteiger partial charge in [-0.25, -0.2) is 4.98 Å². The fourth-order valence-corrected chi connectivity index (χ4v) is 1.69. The zero-order valence-corrected chi connectivity index (χ0v) is 11.3. The fourth-order valence-electron chi connectivity index (χ4n) is 1.41. The van der Waals surface area contributed by atoms with Crippen molar-refractivity contribution >= 4 is 29.0 Å². The number of benzene rings is 1. The molecule has 1 aromatic heterocycles. The molecule has 1 N–H and O–H groups in total. The van der Waals surface area contributed by atoms with E-state index in [1.165, 1.54) is 0 Å². The summed E-state index contributed by atoms with van der Waals surface area (Å²) in [5, 5.41) is 4.22. The van der Waals surface area contributed by atoms with Crippen LogP contribution in [0.4, 0.5) is 5.82 Å². The molecule has 2 rings (SSSR count). The van der Waals surface area contributed by atoms with Crippen LogP contribution >= 0.6 is 23.2 Å². The number of anilines is 1.